The van der Waals surface area contributed by atoms with Crippen molar-refractivity contribution in [1.82, 2.24) is 19.9 Å². The Balaban J connectivity index is 1.57. The van der Waals surface area contributed by atoms with Crippen molar-refractivity contribution in [2.45, 2.75) is 65.3 Å². The number of fused-ring (bicyclic) bond motifs is 3. The van der Waals surface area contributed by atoms with Gasteiger partial charge in [-0.1, -0.05) is 37.6 Å². The molecular weight excluding hydrogens is 362 g/mol. The molecule has 6 heteroatoms. The van der Waals surface area contributed by atoms with E-state index >= 15 is 0 Å². The molecule has 4 rings (SSSR count). The molecule has 3 aromatic heterocycles. The summed E-state index contributed by atoms with van der Waals surface area (Å²) in [5.41, 5.74) is 10.3. The van der Waals surface area contributed by atoms with Gasteiger partial charge in [-0.15, -0.1) is 0 Å². The molecule has 0 aliphatic rings. The van der Waals surface area contributed by atoms with Gasteiger partial charge in [0.05, 0.1) is 11.2 Å². The lowest BCUT2D eigenvalue weighted by molar-refractivity contribution is 0.374. The van der Waals surface area contributed by atoms with Crippen molar-refractivity contribution >= 4 is 27.6 Å². The van der Waals surface area contributed by atoms with Gasteiger partial charge in [-0.3, -0.25) is 4.68 Å². The number of hydrogen-bond acceptors (Lipinski definition) is 5. The molecule has 152 valence electrons. The molecule has 0 saturated heterocycles. The number of hydrogen-bond donors (Lipinski definition) is 1. The molecule has 0 unspecified atom stereocenters. The van der Waals surface area contributed by atoms with Crippen molar-refractivity contribution < 1.29 is 4.52 Å². The van der Waals surface area contributed by atoms with E-state index in [1.54, 1.807) is 0 Å². The summed E-state index contributed by atoms with van der Waals surface area (Å²) in [6, 6.07) is 8.38. The zero-order chi connectivity index (χ0) is 20.2. The first kappa shape index (κ1) is 19.4. The number of nitrogens with zero attached hydrogens (tertiary/aromatic N) is 4. The summed E-state index contributed by atoms with van der Waals surface area (Å²) < 4.78 is 7.43. The van der Waals surface area contributed by atoms with Crippen molar-refractivity contribution in [3.8, 4) is 0 Å². The van der Waals surface area contributed by atoms with Crippen LogP contribution in [0.1, 0.15) is 56.5 Å². The topological polar surface area (TPSA) is 82.8 Å². The number of nitrogen functional groups attached to an aromatic ring is 1. The smallest absolute Gasteiger partial charge is 0.152 e. The van der Waals surface area contributed by atoms with Crippen molar-refractivity contribution in [1.29, 1.82) is 0 Å². The number of rotatable bonds is 9. The highest BCUT2D eigenvalue weighted by Crippen LogP contribution is 2.30. The van der Waals surface area contributed by atoms with Gasteiger partial charge >= 0.3 is 0 Å². The number of nitrogens with two attached hydrogens (primary N) is 1. The molecule has 0 saturated carbocycles. The Kier molecular flexibility index (Phi) is 5.79. The molecular formula is C23H29N5O. The highest BCUT2D eigenvalue weighted by atomic mass is 16.5. The summed E-state index contributed by atoms with van der Waals surface area (Å²) >= 11 is 0. The van der Waals surface area contributed by atoms with E-state index in [0.29, 0.717) is 5.82 Å². The van der Waals surface area contributed by atoms with Crippen LogP contribution in [0.4, 0.5) is 5.82 Å². The summed E-state index contributed by atoms with van der Waals surface area (Å²) in [6.45, 7) is 5.21. The molecule has 0 aliphatic heterocycles. The largest absolute Gasteiger partial charge is 0.382 e. The van der Waals surface area contributed by atoms with Gasteiger partial charge < -0.3 is 10.3 Å². The van der Waals surface area contributed by atoms with Gasteiger partial charge in [0.15, 0.2) is 5.82 Å². The monoisotopic (exact) mass is 391 g/mol. The summed E-state index contributed by atoms with van der Waals surface area (Å²) in [6.07, 6.45) is 9.29. The number of pyridine rings is 1. The first-order chi connectivity index (χ1) is 14.2. The quantitative estimate of drug-likeness (QED) is 0.430. The van der Waals surface area contributed by atoms with Crippen LogP contribution >= 0.6 is 0 Å². The van der Waals surface area contributed by atoms with Crippen LogP contribution in [0, 0.1) is 0 Å². The van der Waals surface area contributed by atoms with Gasteiger partial charge in [0.2, 0.25) is 0 Å². The molecule has 1 aromatic carbocycles. The fourth-order valence-electron chi connectivity index (χ4n) is 3.92. The third-order valence-corrected chi connectivity index (χ3v) is 5.36. The van der Waals surface area contributed by atoms with Gasteiger partial charge in [0, 0.05) is 36.0 Å². The molecule has 0 spiro atoms. The van der Waals surface area contributed by atoms with Crippen LogP contribution in [0.15, 0.2) is 35.0 Å². The number of benzene rings is 1. The van der Waals surface area contributed by atoms with Gasteiger partial charge in [-0.05, 0) is 43.7 Å². The second kappa shape index (κ2) is 8.64. The second-order valence-electron chi connectivity index (χ2n) is 7.70. The number of anilines is 1. The minimum atomic E-state index is 0.502. The Morgan fingerprint density at radius 1 is 1.07 bits per heavy atom. The first-order valence-electron chi connectivity index (χ1n) is 10.7. The third kappa shape index (κ3) is 4.11. The number of unbranched alkanes of at least 4 members (excludes halogenated alkanes) is 1. The Morgan fingerprint density at radius 2 is 1.97 bits per heavy atom. The fourth-order valence-corrected chi connectivity index (χ4v) is 3.92. The van der Waals surface area contributed by atoms with Crippen molar-refractivity contribution in [3.63, 3.8) is 0 Å². The average molecular weight is 392 g/mol. The lowest BCUT2D eigenvalue weighted by Crippen LogP contribution is -1.98. The standard InChI is InChI=1S/C23H29N5O/c1-3-5-11-18-14-17(27-29-18)10-6-8-16-9-7-12-20-21(16)19-15-28(13-4-2)26-22(19)23(24)25-20/h7,9,12,14-15H,3-6,8,10-11,13H2,1-2H3,(H2,24,25). The first-order valence-corrected chi connectivity index (χ1v) is 10.7. The minimum absolute atomic E-state index is 0.502. The van der Waals surface area contributed by atoms with E-state index in [1.165, 1.54) is 17.4 Å². The lowest BCUT2D eigenvalue weighted by Gasteiger charge is -2.08. The normalized spacial score (nSPS) is 11.7. The lowest BCUT2D eigenvalue weighted by atomic mass is 9.99. The SMILES string of the molecule is CCCCc1cc(CCCc2cccc3nc(N)c4nn(CCC)cc4c23)no1. The van der Waals surface area contributed by atoms with Crippen LogP contribution in [0.25, 0.3) is 21.8 Å². The van der Waals surface area contributed by atoms with E-state index in [-0.39, 0.29) is 0 Å². The highest BCUT2D eigenvalue weighted by Gasteiger charge is 2.14. The summed E-state index contributed by atoms with van der Waals surface area (Å²) in [7, 11) is 0. The van der Waals surface area contributed by atoms with E-state index in [9.17, 15) is 0 Å². The fraction of sp³-hybridized carbons (Fsp3) is 0.435. The maximum absolute atomic E-state index is 6.19. The Labute approximate surface area is 171 Å². The predicted octanol–water partition coefficient (Wildman–Crippen LogP) is 5.08. The van der Waals surface area contributed by atoms with E-state index in [1.807, 2.05) is 10.7 Å². The average Bonchev–Trinajstić information content (AvgIpc) is 3.34. The zero-order valence-electron chi connectivity index (χ0n) is 17.3. The van der Waals surface area contributed by atoms with E-state index in [0.717, 1.165) is 72.9 Å². The molecule has 4 aromatic rings. The van der Waals surface area contributed by atoms with Gasteiger partial charge in [-0.25, -0.2) is 4.98 Å². The maximum Gasteiger partial charge on any atom is 0.152 e. The van der Waals surface area contributed by atoms with Crippen molar-refractivity contribution in [3.05, 3.63) is 47.5 Å². The van der Waals surface area contributed by atoms with Crippen LogP contribution in [-0.2, 0) is 25.8 Å². The van der Waals surface area contributed by atoms with E-state index in [4.69, 9.17) is 10.3 Å². The van der Waals surface area contributed by atoms with Crippen LogP contribution < -0.4 is 5.73 Å². The van der Waals surface area contributed by atoms with Crippen molar-refractivity contribution in [2.24, 2.45) is 0 Å². The molecule has 2 N–H and O–H groups in total. The van der Waals surface area contributed by atoms with Crippen LogP contribution in [0.2, 0.25) is 0 Å². The molecule has 0 radical (unpaired) electrons. The number of aryl methyl sites for hydroxylation is 4. The summed E-state index contributed by atoms with van der Waals surface area (Å²) in [4.78, 5) is 4.61. The second-order valence-corrected chi connectivity index (χ2v) is 7.70. The maximum atomic E-state index is 6.19. The summed E-state index contributed by atoms with van der Waals surface area (Å²) in [5.74, 6) is 1.50. The Morgan fingerprint density at radius 3 is 2.79 bits per heavy atom. The van der Waals surface area contributed by atoms with Gasteiger partial charge in [0.1, 0.15) is 11.3 Å². The van der Waals surface area contributed by atoms with Gasteiger partial charge in [0.25, 0.3) is 0 Å². The van der Waals surface area contributed by atoms with E-state index in [2.05, 4.69) is 53.5 Å². The Bertz CT molecular complexity index is 1110. The van der Waals surface area contributed by atoms with Crippen LogP contribution in [-0.4, -0.2) is 19.9 Å². The van der Waals surface area contributed by atoms with Crippen LogP contribution in [0.5, 0.6) is 0 Å². The van der Waals surface area contributed by atoms with Gasteiger partial charge in [-0.2, -0.15) is 5.10 Å². The molecule has 6 nitrogen and oxygen atoms in total. The predicted molar refractivity (Wildman–Crippen MR) is 117 cm³/mol. The number of aromatic nitrogens is 4. The van der Waals surface area contributed by atoms with E-state index < -0.39 is 0 Å². The molecule has 29 heavy (non-hydrogen) atoms. The Hall–Kier alpha value is -2.89. The third-order valence-electron chi connectivity index (χ3n) is 5.36. The molecule has 0 atom stereocenters. The molecule has 0 fully saturated rings. The van der Waals surface area contributed by atoms with Crippen molar-refractivity contribution in [2.75, 3.05) is 5.73 Å². The molecule has 0 bridgehead atoms. The highest BCUT2D eigenvalue weighted by molar-refractivity contribution is 6.09. The zero-order valence-corrected chi connectivity index (χ0v) is 17.3. The minimum Gasteiger partial charge on any atom is -0.382 e. The van der Waals surface area contributed by atoms with Crippen LogP contribution in [0.3, 0.4) is 0 Å². The molecule has 3 heterocycles. The molecule has 0 aliphatic carbocycles. The molecule has 0 amide bonds. The summed E-state index contributed by atoms with van der Waals surface area (Å²) in [5, 5.41) is 11.2.